The molecule has 0 amide bonds. The second kappa shape index (κ2) is 7.81. The van der Waals surface area contributed by atoms with E-state index in [-0.39, 0.29) is 0 Å². The average Bonchev–Trinajstić information content (AvgIpc) is 2.21. The van der Waals surface area contributed by atoms with Gasteiger partial charge in [-0.1, -0.05) is 62.6 Å². The molecule has 0 aromatic rings. The molecule has 0 fully saturated rings. The topological polar surface area (TPSA) is 0 Å². The molecule has 0 aliphatic heterocycles. The van der Waals surface area contributed by atoms with Gasteiger partial charge in [-0.05, 0) is 19.3 Å². The first kappa shape index (κ1) is 13.4. The fourth-order valence-corrected chi connectivity index (χ4v) is 3.85. The maximum Gasteiger partial charge on any atom is 0.122 e. The Morgan fingerprint density at radius 1 is 0.714 bits per heavy atom. The van der Waals surface area contributed by atoms with Crippen molar-refractivity contribution < 1.29 is 0 Å². The summed E-state index contributed by atoms with van der Waals surface area (Å²) in [6.07, 6.45) is 10.3. The Balaban J connectivity index is 4.56. The van der Waals surface area contributed by atoms with Gasteiger partial charge < -0.3 is 0 Å². The van der Waals surface area contributed by atoms with Crippen molar-refractivity contribution in [2.45, 2.75) is 46.6 Å². The fourth-order valence-electron chi connectivity index (χ4n) is 1.28. The standard InChI is InChI=1S/C13H24Si/c1-5-8-11-14(4,12-9-6-2)13-10-7-3/h8-13H,5-7H2,1-4H3. The van der Waals surface area contributed by atoms with Crippen LogP contribution in [0, 0.1) is 0 Å². The highest BCUT2D eigenvalue weighted by Gasteiger charge is 2.14. The Kier molecular flexibility index (Phi) is 7.49. The monoisotopic (exact) mass is 208 g/mol. The molecule has 1 heteroatoms. The van der Waals surface area contributed by atoms with E-state index < -0.39 is 8.07 Å². The molecule has 0 aromatic heterocycles. The van der Waals surface area contributed by atoms with Crippen molar-refractivity contribution in [1.82, 2.24) is 0 Å². The van der Waals surface area contributed by atoms with Crippen LogP contribution in [0.25, 0.3) is 0 Å². The molecule has 0 spiro atoms. The molecule has 0 saturated carbocycles. The molecule has 0 saturated heterocycles. The predicted molar refractivity (Wildman–Crippen MR) is 69.9 cm³/mol. The van der Waals surface area contributed by atoms with Crippen LogP contribution in [0.4, 0.5) is 0 Å². The minimum Gasteiger partial charge on any atom is -0.0920 e. The van der Waals surface area contributed by atoms with Gasteiger partial charge in [0.15, 0.2) is 0 Å². The number of rotatable bonds is 6. The Bertz CT molecular complexity index is 175. The summed E-state index contributed by atoms with van der Waals surface area (Å²) in [5.41, 5.74) is 7.27. The quantitative estimate of drug-likeness (QED) is 0.560. The summed E-state index contributed by atoms with van der Waals surface area (Å²) in [5.74, 6) is 0. The minimum absolute atomic E-state index is 1.14. The van der Waals surface area contributed by atoms with Crippen molar-refractivity contribution in [2.24, 2.45) is 0 Å². The Morgan fingerprint density at radius 3 is 1.21 bits per heavy atom. The first-order chi connectivity index (χ1) is 6.68. The molecular formula is C13H24Si. The second-order valence-electron chi connectivity index (χ2n) is 3.80. The zero-order chi connectivity index (χ0) is 10.9. The first-order valence-corrected chi connectivity index (χ1v) is 8.44. The van der Waals surface area contributed by atoms with Crippen LogP contribution < -0.4 is 0 Å². The Hall–Kier alpha value is -0.563. The Morgan fingerprint density at radius 2 is 1.00 bits per heavy atom. The van der Waals surface area contributed by atoms with Gasteiger partial charge in [0.2, 0.25) is 0 Å². The second-order valence-corrected chi connectivity index (χ2v) is 7.53. The largest absolute Gasteiger partial charge is 0.122 e. The van der Waals surface area contributed by atoms with E-state index in [0.29, 0.717) is 0 Å². The molecule has 0 atom stereocenters. The van der Waals surface area contributed by atoms with Crippen molar-refractivity contribution >= 4 is 8.07 Å². The van der Waals surface area contributed by atoms with Crippen LogP contribution in [-0.2, 0) is 0 Å². The number of hydrogen-bond acceptors (Lipinski definition) is 0. The van der Waals surface area contributed by atoms with Crippen LogP contribution >= 0.6 is 0 Å². The van der Waals surface area contributed by atoms with Crippen molar-refractivity contribution in [1.29, 1.82) is 0 Å². The third-order valence-corrected chi connectivity index (χ3v) is 5.00. The van der Waals surface area contributed by atoms with E-state index in [2.05, 4.69) is 62.6 Å². The number of hydrogen-bond donors (Lipinski definition) is 0. The molecule has 14 heavy (non-hydrogen) atoms. The molecule has 0 radical (unpaired) electrons. The fraction of sp³-hybridized carbons (Fsp3) is 0.538. The van der Waals surface area contributed by atoms with Crippen LogP contribution in [0.3, 0.4) is 0 Å². The van der Waals surface area contributed by atoms with E-state index in [0.717, 1.165) is 19.3 Å². The molecule has 0 aliphatic carbocycles. The van der Waals surface area contributed by atoms with Gasteiger partial charge in [-0.2, -0.15) is 0 Å². The molecule has 0 rings (SSSR count). The van der Waals surface area contributed by atoms with Crippen LogP contribution in [-0.4, -0.2) is 8.07 Å². The van der Waals surface area contributed by atoms with Gasteiger partial charge in [-0.3, -0.25) is 0 Å². The lowest BCUT2D eigenvalue weighted by molar-refractivity contribution is 1.22. The smallest absolute Gasteiger partial charge is 0.0920 e. The maximum atomic E-state index is 2.42. The molecule has 0 nitrogen and oxygen atoms in total. The van der Waals surface area contributed by atoms with E-state index in [9.17, 15) is 0 Å². The molecular weight excluding hydrogens is 184 g/mol. The predicted octanol–water partition coefficient (Wildman–Crippen LogP) is 4.58. The van der Waals surface area contributed by atoms with Gasteiger partial charge in [0.05, 0.1) is 0 Å². The lowest BCUT2D eigenvalue weighted by atomic mass is 10.5. The van der Waals surface area contributed by atoms with E-state index in [1.54, 1.807) is 0 Å². The van der Waals surface area contributed by atoms with E-state index >= 15 is 0 Å². The summed E-state index contributed by atoms with van der Waals surface area (Å²) in [6, 6.07) is 0. The van der Waals surface area contributed by atoms with Crippen molar-refractivity contribution in [3.8, 4) is 0 Å². The lowest BCUT2D eigenvalue weighted by Crippen LogP contribution is -2.22. The van der Waals surface area contributed by atoms with Crippen LogP contribution in [0.15, 0.2) is 35.3 Å². The number of allylic oxidation sites excluding steroid dienone is 3. The van der Waals surface area contributed by atoms with Gasteiger partial charge >= 0.3 is 0 Å². The highest BCUT2D eigenvalue weighted by molar-refractivity contribution is 6.92. The molecule has 0 unspecified atom stereocenters. The van der Waals surface area contributed by atoms with Gasteiger partial charge in [-0.15, -0.1) is 0 Å². The maximum absolute atomic E-state index is 2.42. The molecule has 0 bridgehead atoms. The summed E-state index contributed by atoms with van der Waals surface area (Å²) in [7, 11) is -1.35. The SMILES string of the molecule is CCC=C[Si](C)(C=CCC)C=CCC. The molecule has 80 valence electrons. The van der Waals surface area contributed by atoms with Gasteiger partial charge in [0.1, 0.15) is 8.07 Å². The van der Waals surface area contributed by atoms with Crippen LogP contribution in [0.2, 0.25) is 6.55 Å². The minimum atomic E-state index is -1.35. The van der Waals surface area contributed by atoms with Crippen molar-refractivity contribution in [3.63, 3.8) is 0 Å². The van der Waals surface area contributed by atoms with E-state index in [1.807, 2.05) is 0 Å². The Labute approximate surface area is 90.4 Å². The molecule has 0 aliphatic rings. The van der Waals surface area contributed by atoms with Crippen molar-refractivity contribution in [2.75, 3.05) is 0 Å². The molecule has 0 N–H and O–H groups in total. The highest BCUT2D eigenvalue weighted by Crippen LogP contribution is 2.10. The summed E-state index contributed by atoms with van der Waals surface area (Å²) < 4.78 is 0. The zero-order valence-electron chi connectivity index (χ0n) is 10.1. The van der Waals surface area contributed by atoms with Crippen LogP contribution in [0.1, 0.15) is 40.0 Å². The summed E-state index contributed by atoms with van der Waals surface area (Å²) >= 11 is 0. The van der Waals surface area contributed by atoms with Gasteiger partial charge in [0, 0.05) is 0 Å². The van der Waals surface area contributed by atoms with Gasteiger partial charge in [0.25, 0.3) is 0 Å². The zero-order valence-corrected chi connectivity index (χ0v) is 11.1. The highest BCUT2D eigenvalue weighted by atomic mass is 28.3. The summed E-state index contributed by atoms with van der Waals surface area (Å²) in [5, 5.41) is 0. The van der Waals surface area contributed by atoms with E-state index in [1.165, 1.54) is 0 Å². The normalized spacial score (nSPS) is 17.1. The lowest BCUT2D eigenvalue weighted by Gasteiger charge is -2.13. The average molecular weight is 208 g/mol. The summed E-state index contributed by atoms with van der Waals surface area (Å²) in [6.45, 7) is 8.96. The van der Waals surface area contributed by atoms with Gasteiger partial charge in [-0.25, -0.2) is 0 Å². The molecule has 0 aromatic carbocycles. The van der Waals surface area contributed by atoms with E-state index in [4.69, 9.17) is 0 Å². The first-order valence-electron chi connectivity index (χ1n) is 5.71. The summed E-state index contributed by atoms with van der Waals surface area (Å²) in [4.78, 5) is 0. The van der Waals surface area contributed by atoms with Crippen LogP contribution in [0.5, 0.6) is 0 Å². The third-order valence-electron chi connectivity index (χ3n) is 2.14. The third kappa shape index (κ3) is 5.98. The van der Waals surface area contributed by atoms with Crippen molar-refractivity contribution in [3.05, 3.63) is 35.3 Å². The molecule has 0 heterocycles.